The summed E-state index contributed by atoms with van der Waals surface area (Å²) in [6.07, 6.45) is 0. The van der Waals surface area contributed by atoms with Gasteiger partial charge in [-0.1, -0.05) is 41.5 Å². The summed E-state index contributed by atoms with van der Waals surface area (Å²) in [5, 5.41) is 2.80. The van der Waals surface area contributed by atoms with Crippen LogP contribution < -0.4 is 0 Å². The van der Waals surface area contributed by atoms with Crippen LogP contribution in [0.3, 0.4) is 0 Å². The van der Waals surface area contributed by atoms with Crippen LogP contribution in [0.5, 0.6) is 0 Å². The third-order valence-corrected chi connectivity index (χ3v) is 6.65. The minimum atomic E-state index is 0.156. The van der Waals surface area contributed by atoms with Crippen molar-refractivity contribution in [2.24, 2.45) is 0 Å². The molecule has 0 saturated carbocycles. The van der Waals surface area contributed by atoms with Crippen molar-refractivity contribution in [3.8, 4) is 0 Å². The second kappa shape index (κ2) is 6.39. The van der Waals surface area contributed by atoms with E-state index in [0.29, 0.717) is 0 Å². The summed E-state index contributed by atoms with van der Waals surface area (Å²) in [5.41, 5.74) is 5.91. The second-order valence-corrected chi connectivity index (χ2v) is 11.3. The van der Waals surface area contributed by atoms with Gasteiger partial charge in [-0.25, -0.2) is 0 Å². The Bertz CT molecular complexity index is 889. The molecule has 0 spiro atoms. The van der Waals surface area contributed by atoms with E-state index in [2.05, 4.69) is 122 Å². The van der Waals surface area contributed by atoms with Crippen molar-refractivity contribution in [2.45, 2.75) is 65.8 Å². The Kier molecular flexibility index (Phi) is 4.98. The van der Waals surface area contributed by atoms with Crippen molar-refractivity contribution in [3.63, 3.8) is 0 Å². The van der Waals surface area contributed by atoms with Gasteiger partial charge < -0.3 is 4.57 Å². The Labute approximate surface area is 178 Å². The largest absolute Gasteiger partial charge is 0.339 e. The van der Waals surface area contributed by atoms with Gasteiger partial charge in [0.15, 0.2) is 0 Å². The van der Waals surface area contributed by atoms with E-state index in [1.807, 2.05) is 0 Å². The monoisotopic (exact) mass is 559 g/mol. The molecule has 0 aliphatic carbocycles. The van der Waals surface area contributed by atoms with E-state index in [4.69, 9.17) is 0 Å². The lowest BCUT2D eigenvalue weighted by Gasteiger charge is -2.20. The lowest BCUT2D eigenvalue weighted by molar-refractivity contribution is 0.590. The number of nitrogens with zero attached hydrogens (tertiary/aromatic N) is 1. The van der Waals surface area contributed by atoms with E-state index in [0.717, 1.165) is 6.54 Å². The molecule has 0 aliphatic heterocycles. The van der Waals surface area contributed by atoms with E-state index in [1.165, 1.54) is 40.1 Å². The summed E-state index contributed by atoms with van der Waals surface area (Å²) < 4.78 is 5.20. The molecule has 25 heavy (non-hydrogen) atoms. The first-order valence-electron chi connectivity index (χ1n) is 8.91. The predicted molar refractivity (Wildman–Crippen MR) is 128 cm³/mol. The Morgan fingerprint density at radius 2 is 1.08 bits per heavy atom. The highest BCUT2D eigenvalue weighted by Crippen LogP contribution is 2.39. The van der Waals surface area contributed by atoms with E-state index in [1.54, 1.807) is 0 Å². The fraction of sp³-hybridized carbons (Fsp3) is 0.455. The number of hydrogen-bond donors (Lipinski definition) is 0. The molecular weight excluding hydrogens is 532 g/mol. The highest BCUT2D eigenvalue weighted by atomic mass is 127. The van der Waals surface area contributed by atoms with Crippen LogP contribution in [-0.2, 0) is 17.4 Å². The van der Waals surface area contributed by atoms with Gasteiger partial charge in [0.2, 0.25) is 0 Å². The Balaban J connectivity index is 2.53. The van der Waals surface area contributed by atoms with E-state index >= 15 is 0 Å². The highest BCUT2D eigenvalue weighted by molar-refractivity contribution is 14.1. The average molecular weight is 559 g/mol. The summed E-state index contributed by atoms with van der Waals surface area (Å²) in [5.74, 6) is 0. The van der Waals surface area contributed by atoms with Gasteiger partial charge in [-0.15, -0.1) is 0 Å². The van der Waals surface area contributed by atoms with Crippen LogP contribution in [0.2, 0.25) is 0 Å². The number of hydrogen-bond acceptors (Lipinski definition) is 0. The maximum Gasteiger partial charge on any atom is 0.0627 e. The standard InChI is InChI=1S/C22H27I2N/c1-8-25-19-15(9-13(11-17(19)23)21(2,3)4)16-10-14(22(5,6)7)12-18(24)20(16)25/h9-12H,8H2,1-7H3. The van der Waals surface area contributed by atoms with Gasteiger partial charge >= 0.3 is 0 Å². The van der Waals surface area contributed by atoms with E-state index in [9.17, 15) is 0 Å². The highest BCUT2D eigenvalue weighted by Gasteiger charge is 2.23. The van der Waals surface area contributed by atoms with Crippen LogP contribution in [0.25, 0.3) is 21.8 Å². The molecular formula is C22H27I2N. The molecule has 0 N–H and O–H groups in total. The van der Waals surface area contributed by atoms with Crippen molar-refractivity contribution in [1.29, 1.82) is 0 Å². The first-order valence-corrected chi connectivity index (χ1v) is 11.1. The zero-order valence-corrected chi connectivity index (χ0v) is 20.5. The van der Waals surface area contributed by atoms with Crippen molar-refractivity contribution in [2.75, 3.05) is 0 Å². The Morgan fingerprint density at radius 3 is 1.36 bits per heavy atom. The molecule has 0 atom stereocenters. The summed E-state index contributed by atoms with van der Waals surface area (Å²) in [4.78, 5) is 0. The fourth-order valence-corrected chi connectivity index (χ4v) is 5.29. The number of aromatic nitrogens is 1. The summed E-state index contributed by atoms with van der Waals surface area (Å²) in [7, 11) is 0. The summed E-state index contributed by atoms with van der Waals surface area (Å²) in [6, 6.07) is 9.58. The van der Waals surface area contributed by atoms with Crippen LogP contribution in [0.15, 0.2) is 24.3 Å². The molecule has 3 rings (SSSR count). The molecule has 1 aromatic heterocycles. The van der Waals surface area contributed by atoms with Gasteiger partial charge in [0.05, 0.1) is 11.0 Å². The molecule has 0 fully saturated rings. The van der Waals surface area contributed by atoms with Gasteiger partial charge in [0.1, 0.15) is 0 Å². The molecule has 1 heterocycles. The third-order valence-electron chi connectivity index (χ3n) is 5.01. The third kappa shape index (κ3) is 3.35. The summed E-state index contributed by atoms with van der Waals surface area (Å²) >= 11 is 5.04. The molecule has 0 saturated heterocycles. The predicted octanol–water partition coefficient (Wildman–Crippen LogP) is 7.62. The number of benzene rings is 2. The second-order valence-electron chi connectivity index (χ2n) is 8.95. The molecule has 0 unspecified atom stereocenters. The van der Waals surface area contributed by atoms with Crippen LogP contribution >= 0.6 is 45.2 Å². The van der Waals surface area contributed by atoms with E-state index < -0.39 is 0 Å². The lowest BCUT2D eigenvalue weighted by atomic mass is 9.85. The molecule has 2 aromatic carbocycles. The summed E-state index contributed by atoms with van der Waals surface area (Å²) in [6.45, 7) is 17.0. The van der Waals surface area contributed by atoms with Crippen molar-refractivity contribution in [1.82, 2.24) is 4.57 Å². The molecule has 0 amide bonds. The van der Waals surface area contributed by atoms with Gasteiger partial charge in [0.25, 0.3) is 0 Å². The zero-order chi connectivity index (χ0) is 18.7. The number of aryl methyl sites for hydroxylation is 1. The van der Waals surface area contributed by atoms with Crippen molar-refractivity contribution < 1.29 is 0 Å². The van der Waals surface area contributed by atoms with Gasteiger partial charge in [-0.3, -0.25) is 0 Å². The smallest absolute Gasteiger partial charge is 0.0627 e. The number of fused-ring (bicyclic) bond motifs is 3. The van der Waals surface area contributed by atoms with Crippen LogP contribution in [0.1, 0.15) is 59.6 Å². The molecule has 0 aliphatic rings. The van der Waals surface area contributed by atoms with Crippen molar-refractivity contribution >= 4 is 67.0 Å². The first kappa shape index (κ1) is 19.5. The molecule has 0 bridgehead atoms. The SMILES string of the molecule is CCn1c2c(I)cc(C(C)(C)C)cc2c2cc(C(C)(C)C)cc(I)c21. The average Bonchev–Trinajstić information content (AvgIpc) is 2.80. The van der Waals surface area contributed by atoms with Gasteiger partial charge in [-0.2, -0.15) is 0 Å². The zero-order valence-electron chi connectivity index (χ0n) is 16.2. The Morgan fingerprint density at radius 1 is 0.720 bits per heavy atom. The topological polar surface area (TPSA) is 4.93 Å². The van der Waals surface area contributed by atoms with E-state index in [-0.39, 0.29) is 10.8 Å². The molecule has 1 nitrogen and oxygen atoms in total. The first-order chi connectivity index (χ1) is 11.4. The van der Waals surface area contributed by atoms with Crippen LogP contribution in [-0.4, -0.2) is 4.57 Å². The quantitative estimate of drug-likeness (QED) is 0.271. The van der Waals surface area contributed by atoms with Gasteiger partial charge in [-0.05, 0) is 98.3 Å². The number of halogens is 2. The van der Waals surface area contributed by atoms with Gasteiger partial charge in [0, 0.05) is 24.5 Å². The maximum atomic E-state index is 2.52. The number of rotatable bonds is 1. The maximum absolute atomic E-state index is 2.52. The van der Waals surface area contributed by atoms with Crippen molar-refractivity contribution in [3.05, 3.63) is 42.5 Å². The minimum Gasteiger partial charge on any atom is -0.339 e. The molecule has 3 heteroatoms. The Hall–Kier alpha value is -0.300. The molecule has 134 valence electrons. The normalized spacial score (nSPS) is 13.2. The molecule has 0 radical (unpaired) electrons. The minimum absolute atomic E-state index is 0.156. The fourth-order valence-electron chi connectivity index (χ4n) is 3.45. The lowest BCUT2D eigenvalue weighted by Crippen LogP contribution is -2.11. The van der Waals surface area contributed by atoms with Crippen LogP contribution in [0.4, 0.5) is 0 Å². The molecule has 3 aromatic rings. The van der Waals surface area contributed by atoms with Crippen LogP contribution in [0, 0.1) is 7.14 Å².